The van der Waals surface area contributed by atoms with Gasteiger partial charge in [-0.15, -0.1) is 0 Å². The molecule has 0 saturated carbocycles. The predicted molar refractivity (Wildman–Crippen MR) is 77.0 cm³/mol. The van der Waals surface area contributed by atoms with Crippen molar-refractivity contribution in [3.8, 4) is 5.69 Å². The van der Waals surface area contributed by atoms with E-state index in [1.807, 2.05) is 30.3 Å². The van der Waals surface area contributed by atoms with Crippen LogP contribution in [0.2, 0.25) is 0 Å². The fourth-order valence-electron chi connectivity index (χ4n) is 1.76. The molecule has 108 valence electrons. The lowest BCUT2D eigenvalue weighted by molar-refractivity contribution is 0.163. The number of hydrogen-bond acceptors (Lipinski definition) is 6. The summed E-state index contributed by atoms with van der Waals surface area (Å²) in [5.74, 6) is 0.649. The molecule has 0 aliphatic rings. The third-order valence-electron chi connectivity index (χ3n) is 2.92. The van der Waals surface area contributed by atoms with Crippen LogP contribution >= 0.6 is 0 Å². The Hall–Kier alpha value is -1.99. The predicted octanol–water partition coefficient (Wildman–Crippen LogP) is 0.652. The van der Waals surface area contributed by atoms with Gasteiger partial charge in [0.1, 0.15) is 0 Å². The number of likely N-dealkylation sites (N-methyl/N-ethyl adjacent to an activating group) is 1. The molecule has 0 aliphatic heterocycles. The van der Waals surface area contributed by atoms with Gasteiger partial charge in [0.05, 0.1) is 12.3 Å². The maximum absolute atomic E-state index is 5.04. The minimum atomic E-state index is 0.649. The van der Waals surface area contributed by atoms with Gasteiger partial charge in [-0.2, -0.15) is 4.68 Å². The first-order valence-corrected chi connectivity index (χ1v) is 6.56. The average molecular weight is 276 g/mol. The highest BCUT2D eigenvalue weighted by atomic mass is 16.5. The molecular weight excluding hydrogens is 256 g/mol. The van der Waals surface area contributed by atoms with Crippen LogP contribution in [0.5, 0.6) is 0 Å². The number of tetrazole rings is 1. The zero-order valence-corrected chi connectivity index (χ0v) is 11.9. The van der Waals surface area contributed by atoms with Crippen molar-refractivity contribution in [2.45, 2.75) is 0 Å². The summed E-state index contributed by atoms with van der Waals surface area (Å²) in [6.45, 7) is 3.30. The molecule has 2 aromatic rings. The van der Waals surface area contributed by atoms with E-state index in [2.05, 4.69) is 32.8 Å². The molecule has 2 rings (SSSR count). The molecule has 0 saturated heterocycles. The molecule has 1 N–H and O–H groups in total. The number of anilines is 1. The van der Waals surface area contributed by atoms with E-state index in [1.165, 1.54) is 0 Å². The van der Waals surface area contributed by atoms with E-state index in [4.69, 9.17) is 4.74 Å². The molecule has 0 fully saturated rings. The minimum Gasteiger partial charge on any atom is -0.383 e. The van der Waals surface area contributed by atoms with Crippen LogP contribution in [0.1, 0.15) is 0 Å². The third-order valence-corrected chi connectivity index (χ3v) is 2.92. The van der Waals surface area contributed by atoms with Crippen LogP contribution < -0.4 is 5.32 Å². The SMILES string of the molecule is COCCN(C)CCNc1nnnn1-c1ccccc1. The maximum atomic E-state index is 5.04. The highest BCUT2D eigenvalue weighted by Gasteiger charge is 2.07. The third kappa shape index (κ3) is 4.01. The zero-order chi connectivity index (χ0) is 14.2. The van der Waals surface area contributed by atoms with Gasteiger partial charge in [-0.3, -0.25) is 0 Å². The summed E-state index contributed by atoms with van der Waals surface area (Å²) in [5, 5.41) is 14.9. The van der Waals surface area contributed by atoms with Crippen molar-refractivity contribution in [3.05, 3.63) is 30.3 Å². The number of rotatable bonds is 8. The van der Waals surface area contributed by atoms with E-state index in [-0.39, 0.29) is 0 Å². The number of methoxy groups -OCH3 is 1. The summed E-state index contributed by atoms with van der Waals surface area (Å²) >= 11 is 0. The molecule has 0 radical (unpaired) electrons. The number of nitrogens with zero attached hydrogens (tertiary/aromatic N) is 5. The molecule has 1 aromatic heterocycles. The lowest BCUT2D eigenvalue weighted by Crippen LogP contribution is -2.28. The highest BCUT2D eigenvalue weighted by Crippen LogP contribution is 2.09. The van der Waals surface area contributed by atoms with Gasteiger partial charge in [0.15, 0.2) is 0 Å². The quantitative estimate of drug-likeness (QED) is 0.763. The number of ether oxygens (including phenoxy) is 1. The Bertz CT molecular complexity index is 501. The summed E-state index contributed by atoms with van der Waals surface area (Å²) in [7, 11) is 3.76. The van der Waals surface area contributed by atoms with Gasteiger partial charge in [-0.05, 0) is 29.6 Å². The molecule has 1 heterocycles. The second kappa shape index (κ2) is 7.56. The number of benzene rings is 1. The van der Waals surface area contributed by atoms with Crippen molar-refractivity contribution < 1.29 is 4.74 Å². The Morgan fingerprint density at radius 1 is 1.25 bits per heavy atom. The highest BCUT2D eigenvalue weighted by molar-refractivity contribution is 5.38. The maximum Gasteiger partial charge on any atom is 0.247 e. The zero-order valence-electron chi connectivity index (χ0n) is 11.9. The first-order chi connectivity index (χ1) is 9.81. The Balaban J connectivity index is 1.87. The molecule has 0 amide bonds. The number of nitrogens with one attached hydrogen (secondary N) is 1. The second-order valence-corrected chi connectivity index (χ2v) is 4.47. The van der Waals surface area contributed by atoms with Crippen LogP contribution in [0, 0.1) is 0 Å². The number of aromatic nitrogens is 4. The first-order valence-electron chi connectivity index (χ1n) is 6.56. The van der Waals surface area contributed by atoms with Gasteiger partial charge in [0.2, 0.25) is 5.95 Å². The monoisotopic (exact) mass is 276 g/mol. The summed E-state index contributed by atoms with van der Waals surface area (Å²) < 4.78 is 6.73. The molecule has 7 heteroatoms. The Morgan fingerprint density at radius 2 is 2.05 bits per heavy atom. The Kier molecular flexibility index (Phi) is 5.45. The van der Waals surface area contributed by atoms with Crippen molar-refractivity contribution >= 4 is 5.95 Å². The lowest BCUT2D eigenvalue weighted by Gasteiger charge is -2.16. The Morgan fingerprint density at radius 3 is 2.80 bits per heavy atom. The van der Waals surface area contributed by atoms with Crippen molar-refractivity contribution in [2.24, 2.45) is 0 Å². The molecule has 1 aromatic carbocycles. The van der Waals surface area contributed by atoms with Gasteiger partial charge in [0.25, 0.3) is 0 Å². The van der Waals surface area contributed by atoms with Gasteiger partial charge in [0, 0.05) is 26.7 Å². The first kappa shape index (κ1) is 14.4. The van der Waals surface area contributed by atoms with Crippen LogP contribution in [-0.2, 0) is 4.74 Å². The smallest absolute Gasteiger partial charge is 0.247 e. The molecule has 20 heavy (non-hydrogen) atoms. The van der Waals surface area contributed by atoms with E-state index >= 15 is 0 Å². The molecule has 0 aliphatic carbocycles. The van der Waals surface area contributed by atoms with Gasteiger partial charge < -0.3 is 15.0 Å². The average Bonchev–Trinajstić information content (AvgIpc) is 2.94. The summed E-state index contributed by atoms with van der Waals surface area (Å²) in [6.07, 6.45) is 0. The van der Waals surface area contributed by atoms with Crippen molar-refractivity contribution in [1.29, 1.82) is 0 Å². The van der Waals surface area contributed by atoms with E-state index in [0.717, 1.165) is 31.9 Å². The van der Waals surface area contributed by atoms with Crippen LogP contribution in [0.25, 0.3) is 5.69 Å². The minimum absolute atomic E-state index is 0.649. The van der Waals surface area contributed by atoms with Crippen LogP contribution in [-0.4, -0.2) is 65.5 Å². The summed E-state index contributed by atoms with van der Waals surface area (Å²) in [5.41, 5.74) is 0.938. The fraction of sp³-hybridized carbons (Fsp3) is 0.462. The largest absolute Gasteiger partial charge is 0.383 e. The molecule has 0 spiro atoms. The van der Waals surface area contributed by atoms with Crippen molar-refractivity contribution in [2.75, 3.05) is 45.7 Å². The molecular formula is C13H20N6O. The van der Waals surface area contributed by atoms with Crippen LogP contribution in [0.3, 0.4) is 0 Å². The van der Waals surface area contributed by atoms with Crippen LogP contribution in [0.4, 0.5) is 5.95 Å². The number of para-hydroxylation sites is 1. The topological polar surface area (TPSA) is 68.1 Å². The van der Waals surface area contributed by atoms with Crippen molar-refractivity contribution in [1.82, 2.24) is 25.1 Å². The Labute approximate surface area is 118 Å². The van der Waals surface area contributed by atoms with Crippen LogP contribution in [0.15, 0.2) is 30.3 Å². The lowest BCUT2D eigenvalue weighted by atomic mass is 10.3. The molecule has 7 nitrogen and oxygen atoms in total. The standard InChI is InChI=1S/C13H20N6O/c1-18(10-11-20-2)9-8-14-13-15-16-17-19(13)12-6-4-3-5-7-12/h3-7H,8-11H2,1-2H3,(H,14,15,17). The van der Waals surface area contributed by atoms with Gasteiger partial charge >= 0.3 is 0 Å². The molecule has 0 atom stereocenters. The molecule has 0 unspecified atom stereocenters. The van der Waals surface area contributed by atoms with Gasteiger partial charge in [-0.25, -0.2) is 0 Å². The van der Waals surface area contributed by atoms with E-state index in [1.54, 1.807) is 11.8 Å². The normalized spacial score (nSPS) is 10.9. The van der Waals surface area contributed by atoms with Crippen molar-refractivity contribution in [3.63, 3.8) is 0 Å². The van der Waals surface area contributed by atoms with E-state index in [0.29, 0.717) is 5.95 Å². The fourth-order valence-corrected chi connectivity index (χ4v) is 1.76. The summed E-state index contributed by atoms with van der Waals surface area (Å²) in [6, 6.07) is 9.81. The van der Waals surface area contributed by atoms with E-state index < -0.39 is 0 Å². The van der Waals surface area contributed by atoms with E-state index in [9.17, 15) is 0 Å². The molecule has 0 bridgehead atoms. The summed E-state index contributed by atoms with van der Waals surface area (Å²) in [4.78, 5) is 2.19. The second-order valence-electron chi connectivity index (χ2n) is 4.47. The number of hydrogen-bond donors (Lipinski definition) is 1. The van der Waals surface area contributed by atoms with Gasteiger partial charge in [-0.1, -0.05) is 23.3 Å².